The van der Waals surface area contributed by atoms with Crippen molar-refractivity contribution >= 4 is 17.5 Å². The highest BCUT2D eigenvalue weighted by atomic mass is 32.1. The van der Waals surface area contributed by atoms with Gasteiger partial charge in [-0.1, -0.05) is 4.49 Å². The highest BCUT2D eigenvalue weighted by Gasteiger charge is 2.45. The number of rotatable bonds is 2. The smallest absolute Gasteiger partial charge is 0.307 e. The molecule has 0 bridgehead atoms. The maximum atomic E-state index is 10.4. The normalized spacial score (nSPS) is 28.4. The van der Waals surface area contributed by atoms with Crippen LogP contribution in [0, 0.1) is 5.92 Å². The maximum Gasteiger partial charge on any atom is 0.307 e. The van der Waals surface area contributed by atoms with E-state index in [1.807, 2.05) is 5.38 Å². The SMILES string of the molecule is O=C(O)C1CC1c1csnn1. The van der Waals surface area contributed by atoms with Gasteiger partial charge in [-0.3, -0.25) is 4.79 Å². The molecule has 1 fully saturated rings. The summed E-state index contributed by atoms with van der Waals surface area (Å²) in [6.07, 6.45) is 0.723. The van der Waals surface area contributed by atoms with Crippen molar-refractivity contribution in [2.75, 3.05) is 0 Å². The van der Waals surface area contributed by atoms with Gasteiger partial charge in [-0.25, -0.2) is 0 Å². The Morgan fingerprint density at radius 1 is 1.82 bits per heavy atom. The van der Waals surface area contributed by atoms with Crippen LogP contribution in [0.5, 0.6) is 0 Å². The molecule has 0 saturated heterocycles. The third kappa shape index (κ3) is 1.11. The number of aromatic nitrogens is 2. The molecule has 4 nitrogen and oxygen atoms in total. The van der Waals surface area contributed by atoms with Crippen molar-refractivity contribution in [1.29, 1.82) is 0 Å². The second kappa shape index (κ2) is 2.27. The number of aliphatic carboxylic acids is 1. The lowest BCUT2D eigenvalue weighted by atomic mass is 10.3. The Bertz CT molecular complexity index is 272. The zero-order valence-electron chi connectivity index (χ0n) is 5.60. The molecule has 1 aromatic rings. The van der Waals surface area contributed by atoms with Crippen LogP contribution in [0.4, 0.5) is 0 Å². The van der Waals surface area contributed by atoms with Gasteiger partial charge in [-0.15, -0.1) is 5.10 Å². The molecule has 0 amide bonds. The molecule has 2 unspecified atom stereocenters. The summed E-state index contributed by atoms with van der Waals surface area (Å²) in [7, 11) is 0. The first-order valence-corrected chi connectivity index (χ1v) is 4.12. The summed E-state index contributed by atoms with van der Waals surface area (Å²) in [5.41, 5.74) is 0.836. The van der Waals surface area contributed by atoms with Crippen LogP contribution in [0.25, 0.3) is 0 Å². The van der Waals surface area contributed by atoms with Crippen molar-refractivity contribution in [2.24, 2.45) is 5.92 Å². The molecule has 5 heteroatoms. The van der Waals surface area contributed by atoms with Gasteiger partial charge in [0.15, 0.2) is 0 Å². The minimum Gasteiger partial charge on any atom is -0.481 e. The van der Waals surface area contributed by atoms with Gasteiger partial charge in [0, 0.05) is 11.3 Å². The first-order chi connectivity index (χ1) is 5.29. The molecule has 1 aliphatic carbocycles. The number of nitrogens with zero attached hydrogens (tertiary/aromatic N) is 2. The Balaban J connectivity index is 2.08. The summed E-state index contributed by atoms with van der Waals surface area (Å²) < 4.78 is 3.68. The highest BCUT2D eigenvalue weighted by molar-refractivity contribution is 7.03. The van der Waals surface area contributed by atoms with Gasteiger partial charge in [0.2, 0.25) is 0 Å². The second-order valence-corrected chi connectivity index (χ2v) is 3.23. The van der Waals surface area contributed by atoms with E-state index in [0.717, 1.165) is 12.1 Å². The van der Waals surface area contributed by atoms with Gasteiger partial charge in [-0.05, 0) is 18.0 Å². The Labute approximate surface area is 67.0 Å². The Morgan fingerprint density at radius 2 is 2.64 bits per heavy atom. The van der Waals surface area contributed by atoms with Crippen LogP contribution >= 0.6 is 11.5 Å². The van der Waals surface area contributed by atoms with E-state index in [1.165, 1.54) is 11.5 Å². The van der Waals surface area contributed by atoms with E-state index in [4.69, 9.17) is 5.11 Å². The van der Waals surface area contributed by atoms with Crippen molar-refractivity contribution in [3.05, 3.63) is 11.1 Å². The third-order valence-electron chi connectivity index (χ3n) is 1.86. The van der Waals surface area contributed by atoms with E-state index >= 15 is 0 Å². The standard InChI is InChI=1S/C6H6N2O2S/c9-6(10)4-1-3(4)5-2-11-8-7-5/h2-4H,1H2,(H,9,10). The average molecular weight is 170 g/mol. The molecular weight excluding hydrogens is 164 g/mol. The van der Waals surface area contributed by atoms with Crippen LogP contribution < -0.4 is 0 Å². The molecule has 58 valence electrons. The van der Waals surface area contributed by atoms with E-state index in [2.05, 4.69) is 9.59 Å². The second-order valence-electron chi connectivity index (χ2n) is 2.62. The lowest BCUT2D eigenvalue weighted by molar-refractivity contribution is -0.138. The van der Waals surface area contributed by atoms with Crippen molar-refractivity contribution in [3.8, 4) is 0 Å². The summed E-state index contributed by atoms with van der Waals surface area (Å²) >= 11 is 1.27. The van der Waals surface area contributed by atoms with E-state index < -0.39 is 5.97 Å². The predicted molar refractivity (Wildman–Crippen MR) is 38.4 cm³/mol. The van der Waals surface area contributed by atoms with Gasteiger partial charge >= 0.3 is 5.97 Å². The van der Waals surface area contributed by atoms with E-state index in [-0.39, 0.29) is 11.8 Å². The van der Waals surface area contributed by atoms with E-state index in [9.17, 15) is 4.79 Å². The fraction of sp³-hybridized carbons (Fsp3) is 0.500. The fourth-order valence-electron chi connectivity index (χ4n) is 1.13. The van der Waals surface area contributed by atoms with E-state index in [0.29, 0.717) is 0 Å². The number of hydrogen-bond donors (Lipinski definition) is 1. The van der Waals surface area contributed by atoms with Gasteiger partial charge < -0.3 is 5.11 Å². The number of carbonyl (C=O) groups is 1. The zero-order chi connectivity index (χ0) is 7.84. The molecule has 0 aliphatic heterocycles. The lowest BCUT2D eigenvalue weighted by Gasteiger charge is -1.86. The Kier molecular flexibility index (Phi) is 1.38. The van der Waals surface area contributed by atoms with Crippen molar-refractivity contribution < 1.29 is 9.90 Å². The summed E-state index contributed by atoms with van der Waals surface area (Å²) in [6.45, 7) is 0. The molecule has 1 N–H and O–H groups in total. The quantitative estimate of drug-likeness (QED) is 0.710. The predicted octanol–water partition coefficient (Wildman–Crippen LogP) is 0.726. The molecule has 0 aromatic carbocycles. The molecule has 1 saturated carbocycles. The Morgan fingerprint density at radius 3 is 3.09 bits per heavy atom. The fourth-order valence-corrected chi connectivity index (χ4v) is 1.65. The van der Waals surface area contributed by atoms with Crippen LogP contribution in [-0.4, -0.2) is 20.7 Å². The minimum atomic E-state index is -0.719. The summed E-state index contributed by atoms with van der Waals surface area (Å²) in [5, 5.41) is 14.2. The van der Waals surface area contributed by atoms with Crippen LogP contribution in [0.2, 0.25) is 0 Å². The third-order valence-corrected chi connectivity index (χ3v) is 2.39. The van der Waals surface area contributed by atoms with Gasteiger partial charge in [0.05, 0.1) is 11.6 Å². The molecule has 1 aromatic heterocycles. The topological polar surface area (TPSA) is 63.1 Å². The van der Waals surface area contributed by atoms with E-state index in [1.54, 1.807) is 0 Å². The summed E-state index contributed by atoms with van der Waals surface area (Å²) in [4.78, 5) is 10.4. The van der Waals surface area contributed by atoms with Crippen molar-refractivity contribution in [3.63, 3.8) is 0 Å². The average Bonchev–Trinajstić information content (AvgIpc) is 2.60. The van der Waals surface area contributed by atoms with Crippen molar-refractivity contribution in [1.82, 2.24) is 9.59 Å². The van der Waals surface area contributed by atoms with Crippen LogP contribution in [-0.2, 0) is 4.79 Å². The first-order valence-electron chi connectivity index (χ1n) is 3.29. The molecular formula is C6H6N2O2S. The molecule has 2 atom stereocenters. The number of hydrogen-bond acceptors (Lipinski definition) is 4. The van der Waals surface area contributed by atoms with Gasteiger partial charge in [-0.2, -0.15) is 0 Å². The van der Waals surface area contributed by atoms with Crippen LogP contribution in [0.15, 0.2) is 5.38 Å². The molecule has 0 spiro atoms. The lowest BCUT2D eigenvalue weighted by Crippen LogP contribution is -1.98. The number of carboxylic acids is 1. The minimum absolute atomic E-state index is 0.131. The van der Waals surface area contributed by atoms with Crippen LogP contribution in [0.1, 0.15) is 18.0 Å². The highest BCUT2D eigenvalue weighted by Crippen LogP contribution is 2.46. The van der Waals surface area contributed by atoms with Gasteiger partial charge in [0.1, 0.15) is 0 Å². The number of carboxylic acid groups (broad SMARTS) is 1. The monoisotopic (exact) mass is 170 g/mol. The summed E-state index contributed by atoms with van der Waals surface area (Å²) in [5.74, 6) is -0.798. The molecule has 1 heterocycles. The molecule has 2 rings (SSSR count). The molecule has 1 aliphatic rings. The molecule has 0 radical (unpaired) electrons. The largest absolute Gasteiger partial charge is 0.481 e. The Hall–Kier alpha value is -0.970. The van der Waals surface area contributed by atoms with Crippen LogP contribution in [0.3, 0.4) is 0 Å². The summed E-state index contributed by atoms with van der Waals surface area (Å²) in [6, 6.07) is 0. The van der Waals surface area contributed by atoms with Gasteiger partial charge in [0.25, 0.3) is 0 Å². The first kappa shape index (κ1) is 6.72. The van der Waals surface area contributed by atoms with Crippen molar-refractivity contribution in [2.45, 2.75) is 12.3 Å². The maximum absolute atomic E-state index is 10.4. The molecule has 11 heavy (non-hydrogen) atoms. The zero-order valence-corrected chi connectivity index (χ0v) is 6.41.